The number of nitrogens with one attached hydrogen (secondary N) is 1. The molecular formula is C26H22ClFN4S. The van der Waals surface area contributed by atoms with Crippen molar-refractivity contribution in [3.63, 3.8) is 0 Å². The van der Waals surface area contributed by atoms with E-state index >= 15 is 0 Å². The van der Waals surface area contributed by atoms with Crippen LogP contribution in [-0.4, -0.2) is 14.7 Å². The number of benzene rings is 2. The Morgan fingerprint density at radius 1 is 0.970 bits per heavy atom. The molecule has 5 rings (SSSR count). The van der Waals surface area contributed by atoms with Crippen molar-refractivity contribution >= 4 is 34.6 Å². The van der Waals surface area contributed by atoms with Crippen molar-refractivity contribution < 1.29 is 4.39 Å². The maximum absolute atomic E-state index is 14.0. The van der Waals surface area contributed by atoms with Crippen LogP contribution in [0.1, 0.15) is 34.7 Å². The van der Waals surface area contributed by atoms with Crippen molar-refractivity contribution in [1.29, 1.82) is 0 Å². The molecule has 166 valence electrons. The minimum atomic E-state index is -0.264. The number of nitrogens with zero attached hydrogens (tertiary/aromatic N) is 3. The Kier molecular flexibility index (Phi) is 5.64. The maximum atomic E-state index is 14.0. The number of hydrogen-bond acceptors (Lipinski definition) is 2. The molecule has 0 aliphatic carbocycles. The van der Waals surface area contributed by atoms with Crippen LogP contribution >= 0.6 is 23.8 Å². The van der Waals surface area contributed by atoms with E-state index in [4.69, 9.17) is 23.8 Å². The summed E-state index contributed by atoms with van der Waals surface area (Å²) in [7, 11) is 0. The second kappa shape index (κ2) is 8.61. The van der Waals surface area contributed by atoms with Gasteiger partial charge in [-0.15, -0.1) is 0 Å². The van der Waals surface area contributed by atoms with Gasteiger partial charge in [0.05, 0.1) is 17.8 Å². The smallest absolute Gasteiger partial charge is 0.174 e. The number of aromatic nitrogens is 2. The van der Waals surface area contributed by atoms with Gasteiger partial charge < -0.3 is 14.8 Å². The van der Waals surface area contributed by atoms with E-state index in [1.54, 1.807) is 18.3 Å². The summed E-state index contributed by atoms with van der Waals surface area (Å²) in [4.78, 5) is 6.73. The molecule has 3 heterocycles. The van der Waals surface area contributed by atoms with E-state index in [0.29, 0.717) is 10.1 Å². The molecule has 33 heavy (non-hydrogen) atoms. The zero-order valence-electron chi connectivity index (χ0n) is 18.2. The van der Waals surface area contributed by atoms with Gasteiger partial charge >= 0.3 is 0 Å². The summed E-state index contributed by atoms with van der Waals surface area (Å²) in [5.41, 5.74) is 5.76. The van der Waals surface area contributed by atoms with Gasteiger partial charge in [-0.25, -0.2) is 4.39 Å². The minimum Gasteiger partial charge on any atom is -0.351 e. The first kappa shape index (κ1) is 21.6. The van der Waals surface area contributed by atoms with Crippen LogP contribution in [0.15, 0.2) is 79.0 Å². The zero-order valence-corrected chi connectivity index (χ0v) is 19.7. The SMILES string of the molecule is Cc1cc([C@@H]2[C@H](c3ccccn3)NC(=S)N2c2ccc(Cl)cc2)c(C)n1-c1cccc(F)c1. The van der Waals surface area contributed by atoms with E-state index in [9.17, 15) is 4.39 Å². The molecule has 4 nitrogen and oxygen atoms in total. The standard InChI is InChI=1S/C26H22ClFN4S/c1-16-14-22(17(2)31(16)21-7-5-6-19(28)15-21)25-24(23-8-3-4-13-29-23)30-26(33)32(25)20-11-9-18(27)10-12-20/h3-15,24-25H,1-2H3,(H,30,33)/t24-,25+/m0/s1. The average molecular weight is 477 g/mol. The van der Waals surface area contributed by atoms with Gasteiger partial charge in [-0.3, -0.25) is 4.98 Å². The van der Waals surface area contributed by atoms with Crippen LogP contribution in [0.2, 0.25) is 5.02 Å². The highest BCUT2D eigenvalue weighted by molar-refractivity contribution is 7.80. The van der Waals surface area contributed by atoms with Crippen LogP contribution in [0.5, 0.6) is 0 Å². The lowest BCUT2D eigenvalue weighted by molar-refractivity contribution is 0.565. The Morgan fingerprint density at radius 3 is 2.45 bits per heavy atom. The van der Waals surface area contributed by atoms with Crippen LogP contribution in [0.3, 0.4) is 0 Å². The van der Waals surface area contributed by atoms with Gasteiger partial charge in [0.2, 0.25) is 0 Å². The molecule has 2 aromatic carbocycles. The van der Waals surface area contributed by atoms with Crippen molar-refractivity contribution in [2.24, 2.45) is 0 Å². The minimum absolute atomic E-state index is 0.151. The van der Waals surface area contributed by atoms with Crippen molar-refractivity contribution in [2.75, 3.05) is 4.90 Å². The molecule has 0 spiro atoms. The molecule has 1 aliphatic heterocycles. The molecule has 7 heteroatoms. The second-order valence-corrected chi connectivity index (χ2v) is 8.94. The molecule has 0 bridgehead atoms. The van der Waals surface area contributed by atoms with Gasteiger partial charge in [0.1, 0.15) is 5.82 Å². The molecule has 1 N–H and O–H groups in total. The maximum Gasteiger partial charge on any atom is 0.174 e. The lowest BCUT2D eigenvalue weighted by Gasteiger charge is -2.28. The molecular weight excluding hydrogens is 455 g/mol. The Bertz CT molecular complexity index is 1320. The van der Waals surface area contributed by atoms with E-state index in [1.165, 1.54) is 6.07 Å². The molecule has 2 atom stereocenters. The summed E-state index contributed by atoms with van der Waals surface area (Å²) in [6, 6.07) is 22.0. The topological polar surface area (TPSA) is 33.1 Å². The largest absolute Gasteiger partial charge is 0.351 e. The zero-order chi connectivity index (χ0) is 23.1. The molecule has 1 aliphatic rings. The van der Waals surface area contributed by atoms with Gasteiger partial charge in [0, 0.05) is 34.0 Å². The van der Waals surface area contributed by atoms with Gasteiger partial charge in [-0.2, -0.15) is 0 Å². The average Bonchev–Trinajstić information content (AvgIpc) is 3.30. The third kappa shape index (κ3) is 3.90. The van der Waals surface area contributed by atoms with E-state index in [1.807, 2.05) is 55.5 Å². The molecule has 1 saturated heterocycles. The predicted molar refractivity (Wildman–Crippen MR) is 135 cm³/mol. The predicted octanol–water partition coefficient (Wildman–Crippen LogP) is 6.46. The Morgan fingerprint density at radius 2 is 1.76 bits per heavy atom. The number of halogens is 2. The monoisotopic (exact) mass is 476 g/mol. The number of thiocarbonyl (C=S) groups is 1. The number of rotatable bonds is 4. The third-order valence-electron chi connectivity index (χ3n) is 6.06. The summed E-state index contributed by atoms with van der Waals surface area (Å²) in [5.74, 6) is -0.264. The van der Waals surface area contributed by atoms with Crippen LogP contribution in [0.25, 0.3) is 5.69 Å². The Labute approximate surface area is 202 Å². The molecule has 0 amide bonds. The van der Waals surface area contributed by atoms with Gasteiger partial charge in [0.15, 0.2) is 5.11 Å². The second-order valence-electron chi connectivity index (χ2n) is 8.11. The van der Waals surface area contributed by atoms with Crippen LogP contribution < -0.4 is 10.2 Å². The summed E-state index contributed by atoms with van der Waals surface area (Å²) in [6.45, 7) is 4.09. The Balaban J connectivity index is 1.68. The van der Waals surface area contributed by atoms with Gasteiger partial charge in [-0.05, 0) is 92.3 Å². The number of anilines is 1. The van der Waals surface area contributed by atoms with E-state index < -0.39 is 0 Å². The third-order valence-corrected chi connectivity index (χ3v) is 6.62. The van der Waals surface area contributed by atoms with Gasteiger partial charge in [0.25, 0.3) is 0 Å². The van der Waals surface area contributed by atoms with Crippen LogP contribution in [0, 0.1) is 19.7 Å². The van der Waals surface area contributed by atoms with Crippen LogP contribution in [-0.2, 0) is 0 Å². The summed E-state index contributed by atoms with van der Waals surface area (Å²) in [6.07, 6.45) is 1.79. The molecule has 2 aromatic heterocycles. The quantitative estimate of drug-likeness (QED) is 0.343. The number of aryl methyl sites for hydroxylation is 1. The van der Waals surface area contributed by atoms with Crippen molar-refractivity contribution in [3.8, 4) is 5.69 Å². The fourth-order valence-electron chi connectivity index (χ4n) is 4.65. The fraction of sp³-hybridized carbons (Fsp3) is 0.154. The van der Waals surface area contributed by atoms with Crippen molar-refractivity contribution in [1.82, 2.24) is 14.9 Å². The first-order valence-corrected chi connectivity index (χ1v) is 11.4. The summed E-state index contributed by atoms with van der Waals surface area (Å²) >= 11 is 12.0. The highest BCUT2D eigenvalue weighted by Crippen LogP contribution is 2.43. The van der Waals surface area contributed by atoms with Crippen LogP contribution in [0.4, 0.5) is 10.1 Å². The molecule has 0 unspecified atom stereocenters. The Hall–Kier alpha value is -3.22. The lowest BCUT2D eigenvalue weighted by atomic mass is 9.96. The lowest BCUT2D eigenvalue weighted by Crippen LogP contribution is -2.29. The molecule has 4 aromatic rings. The fourth-order valence-corrected chi connectivity index (χ4v) is 5.12. The number of pyridine rings is 1. The molecule has 0 radical (unpaired) electrons. The summed E-state index contributed by atoms with van der Waals surface area (Å²) < 4.78 is 16.1. The highest BCUT2D eigenvalue weighted by Gasteiger charge is 2.42. The molecule has 1 fully saturated rings. The first-order valence-electron chi connectivity index (χ1n) is 10.6. The molecule has 0 saturated carbocycles. The van der Waals surface area contributed by atoms with E-state index in [-0.39, 0.29) is 17.9 Å². The number of hydrogen-bond donors (Lipinski definition) is 1. The normalized spacial score (nSPS) is 17.9. The van der Waals surface area contributed by atoms with Crippen molar-refractivity contribution in [2.45, 2.75) is 25.9 Å². The summed E-state index contributed by atoms with van der Waals surface area (Å²) in [5, 5.41) is 4.76. The highest BCUT2D eigenvalue weighted by atomic mass is 35.5. The van der Waals surface area contributed by atoms with E-state index in [2.05, 4.69) is 32.8 Å². The van der Waals surface area contributed by atoms with Gasteiger partial charge in [-0.1, -0.05) is 23.7 Å². The van der Waals surface area contributed by atoms with Crippen molar-refractivity contribution in [3.05, 3.63) is 112 Å². The first-order chi connectivity index (χ1) is 15.9. The van der Waals surface area contributed by atoms with E-state index in [0.717, 1.165) is 34.0 Å².